The van der Waals surface area contributed by atoms with E-state index in [1.54, 1.807) is 7.11 Å². The third kappa shape index (κ3) is 3.71. The van der Waals surface area contributed by atoms with Crippen LogP contribution < -0.4 is 10.1 Å². The summed E-state index contributed by atoms with van der Waals surface area (Å²) in [4.78, 5) is 6.57. The van der Waals surface area contributed by atoms with Crippen molar-refractivity contribution in [2.24, 2.45) is 0 Å². The summed E-state index contributed by atoms with van der Waals surface area (Å²) >= 11 is 0. The highest BCUT2D eigenvalue weighted by Gasteiger charge is 2.06. The van der Waals surface area contributed by atoms with Gasteiger partial charge in [-0.05, 0) is 24.7 Å². The average molecular weight is 271 g/mol. The van der Waals surface area contributed by atoms with E-state index < -0.39 is 0 Å². The second-order valence-corrected chi connectivity index (χ2v) is 4.79. The van der Waals surface area contributed by atoms with Crippen LogP contribution in [0.1, 0.15) is 11.1 Å². The summed E-state index contributed by atoms with van der Waals surface area (Å²) in [5, 5.41) is 3.02. The summed E-state index contributed by atoms with van der Waals surface area (Å²) in [5.74, 6) is 1.82. The molecule has 0 fully saturated rings. The predicted molar refractivity (Wildman–Crippen MR) is 81.9 cm³/mol. The number of hydrogen-bond donors (Lipinski definition) is 1. The summed E-state index contributed by atoms with van der Waals surface area (Å²) in [6, 6.07) is 12.2. The van der Waals surface area contributed by atoms with Crippen molar-refractivity contribution in [2.45, 2.75) is 13.1 Å². The molecule has 0 aliphatic carbocycles. The van der Waals surface area contributed by atoms with Crippen LogP contribution in [0.5, 0.6) is 5.75 Å². The number of anilines is 1. The van der Waals surface area contributed by atoms with Gasteiger partial charge in [-0.1, -0.05) is 24.3 Å². The zero-order valence-corrected chi connectivity index (χ0v) is 12.3. The minimum Gasteiger partial charge on any atom is -0.496 e. The summed E-state index contributed by atoms with van der Waals surface area (Å²) in [6.07, 6.45) is 1.91. The molecule has 0 aliphatic rings. The van der Waals surface area contributed by atoms with Gasteiger partial charge in [0.2, 0.25) is 0 Å². The summed E-state index contributed by atoms with van der Waals surface area (Å²) in [5.41, 5.74) is 2.39. The second kappa shape index (κ2) is 6.91. The molecule has 2 rings (SSSR count). The molecule has 0 aliphatic heterocycles. The van der Waals surface area contributed by atoms with Crippen molar-refractivity contribution >= 4 is 5.82 Å². The number of benzene rings is 1. The van der Waals surface area contributed by atoms with Gasteiger partial charge in [0, 0.05) is 31.9 Å². The van der Waals surface area contributed by atoms with E-state index >= 15 is 0 Å². The van der Waals surface area contributed by atoms with Crippen LogP contribution in [0, 0.1) is 0 Å². The lowest BCUT2D eigenvalue weighted by atomic mass is 10.2. The maximum atomic E-state index is 5.38. The lowest BCUT2D eigenvalue weighted by molar-refractivity contribution is 0.310. The van der Waals surface area contributed by atoms with Crippen molar-refractivity contribution < 1.29 is 4.74 Å². The van der Waals surface area contributed by atoms with Crippen molar-refractivity contribution in [3.8, 4) is 5.75 Å². The van der Waals surface area contributed by atoms with Crippen LogP contribution in [-0.4, -0.2) is 31.1 Å². The van der Waals surface area contributed by atoms with Gasteiger partial charge in [0.1, 0.15) is 11.6 Å². The van der Waals surface area contributed by atoms with E-state index in [0.717, 1.165) is 24.7 Å². The number of nitrogens with one attached hydrogen (secondary N) is 1. The molecule has 0 amide bonds. The average Bonchev–Trinajstić information content (AvgIpc) is 2.48. The standard InChI is InChI=1S/C16H21N3O/c1-17-16-9-8-13(10-18-16)11-19(2)12-14-6-4-5-7-15(14)20-3/h4-10H,11-12H2,1-3H3,(H,17,18). The van der Waals surface area contributed by atoms with Gasteiger partial charge in [0.25, 0.3) is 0 Å². The van der Waals surface area contributed by atoms with E-state index in [1.165, 1.54) is 11.1 Å². The van der Waals surface area contributed by atoms with Gasteiger partial charge in [-0.25, -0.2) is 4.98 Å². The van der Waals surface area contributed by atoms with Gasteiger partial charge in [0.05, 0.1) is 7.11 Å². The number of para-hydroxylation sites is 1. The molecule has 0 atom stereocenters. The van der Waals surface area contributed by atoms with Crippen LogP contribution in [0.25, 0.3) is 0 Å². The lowest BCUT2D eigenvalue weighted by Crippen LogP contribution is -2.17. The van der Waals surface area contributed by atoms with E-state index in [4.69, 9.17) is 4.74 Å². The Labute approximate surface area is 120 Å². The second-order valence-electron chi connectivity index (χ2n) is 4.79. The Morgan fingerprint density at radius 1 is 1.15 bits per heavy atom. The first kappa shape index (κ1) is 14.3. The molecule has 20 heavy (non-hydrogen) atoms. The Morgan fingerprint density at radius 3 is 2.60 bits per heavy atom. The number of rotatable bonds is 6. The van der Waals surface area contributed by atoms with E-state index in [2.05, 4.69) is 34.4 Å². The molecule has 0 saturated carbocycles. The summed E-state index contributed by atoms with van der Waals surface area (Å²) in [7, 11) is 5.67. The first-order valence-corrected chi connectivity index (χ1v) is 6.66. The molecule has 0 bridgehead atoms. The Bertz CT molecular complexity index is 540. The molecule has 0 spiro atoms. The van der Waals surface area contributed by atoms with Gasteiger partial charge < -0.3 is 10.1 Å². The Hall–Kier alpha value is -2.07. The quantitative estimate of drug-likeness (QED) is 0.876. The van der Waals surface area contributed by atoms with E-state index in [0.29, 0.717) is 0 Å². The number of methoxy groups -OCH3 is 1. The molecule has 0 unspecified atom stereocenters. The van der Waals surface area contributed by atoms with Crippen molar-refractivity contribution in [1.29, 1.82) is 0 Å². The smallest absolute Gasteiger partial charge is 0.125 e. The van der Waals surface area contributed by atoms with Gasteiger partial charge in [-0.3, -0.25) is 4.90 Å². The topological polar surface area (TPSA) is 37.4 Å². The monoisotopic (exact) mass is 271 g/mol. The molecule has 0 radical (unpaired) electrons. The van der Waals surface area contributed by atoms with Crippen molar-refractivity contribution in [3.63, 3.8) is 0 Å². The highest BCUT2D eigenvalue weighted by molar-refractivity contribution is 5.35. The van der Waals surface area contributed by atoms with Gasteiger partial charge in [0.15, 0.2) is 0 Å². The maximum absolute atomic E-state index is 5.38. The Kier molecular flexibility index (Phi) is 4.96. The van der Waals surface area contributed by atoms with Crippen LogP contribution in [0.3, 0.4) is 0 Å². The van der Waals surface area contributed by atoms with Crippen LogP contribution in [0.4, 0.5) is 5.82 Å². The molecule has 1 aromatic carbocycles. The highest BCUT2D eigenvalue weighted by atomic mass is 16.5. The molecular formula is C16H21N3O. The Morgan fingerprint density at radius 2 is 1.95 bits per heavy atom. The van der Waals surface area contributed by atoms with E-state index in [9.17, 15) is 0 Å². The first-order valence-electron chi connectivity index (χ1n) is 6.66. The predicted octanol–water partition coefficient (Wildman–Crippen LogP) is 2.76. The molecule has 4 nitrogen and oxygen atoms in total. The highest BCUT2D eigenvalue weighted by Crippen LogP contribution is 2.19. The number of aromatic nitrogens is 1. The fourth-order valence-electron chi connectivity index (χ4n) is 2.16. The summed E-state index contributed by atoms with van der Waals surface area (Å²) < 4.78 is 5.38. The molecule has 106 valence electrons. The normalized spacial score (nSPS) is 10.6. The van der Waals surface area contributed by atoms with Gasteiger partial charge in [-0.2, -0.15) is 0 Å². The Balaban J connectivity index is 1.99. The minimum atomic E-state index is 0.845. The molecule has 4 heteroatoms. The SMILES string of the molecule is CNc1ccc(CN(C)Cc2ccccc2OC)cn1. The molecule has 1 heterocycles. The van der Waals surface area contributed by atoms with Crippen LogP contribution in [0.15, 0.2) is 42.6 Å². The minimum absolute atomic E-state index is 0.845. The zero-order valence-electron chi connectivity index (χ0n) is 12.3. The maximum Gasteiger partial charge on any atom is 0.125 e. The molecule has 0 saturated heterocycles. The number of hydrogen-bond acceptors (Lipinski definition) is 4. The molecule has 1 aromatic heterocycles. The molecular weight excluding hydrogens is 250 g/mol. The van der Waals surface area contributed by atoms with Crippen molar-refractivity contribution in [1.82, 2.24) is 9.88 Å². The number of nitrogens with zero attached hydrogens (tertiary/aromatic N) is 2. The third-order valence-electron chi connectivity index (χ3n) is 3.17. The van der Waals surface area contributed by atoms with Gasteiger partial charge in [-0.15, -0.1) is 0 Å². The van der Waals surface area contributed by atoms with Crippen LogP contribution in [-0.2, 0) is 13.1 Å². The lowest BCUT2D eigenvalue weighted by Gasteiger charge is -2.18. The number of ether oxygens (including phenoxy) is 1. The van der Waals surface area contributed by atoms with Crippen molar-refractivity contribution in [2.75, 3.05) is 26.5 Å². The molecule has 1 N–H and O–H groups in total. The number of pyridine rings is 1. The first-order chi connectivity index (χ1) is 9.72. The van der Waals surface area contributed by atoms with Crippen LogP contribution >= 0.6 is 0 Å². The largest absolute Gasteiger partial charge is 0.496 e. The molecule has 2 aromatic rings. The fraction of sp³-hybridized carbons (Fsp3) is 0.312. The van der Waals surface area contributed by atoms with Crippen LogP contribution in [0.2, 0.25) is 0 Å². The van der Waals surface area contributed by atoms with E-state index in [1.807, 2.05) is 37.5 Å². The van der Waals surface area contributed by atoms with Gasteiger partial charge >= 0.3 is 0 Å². The third-order valence-corrected chi connectivity index (χ3v) is 3.17. The zero-order chi connectivity index (χ0) is 14.4. The summed E-state index contributed by atoms with van der Waals surface area (Å²) in [6.45, 7) is 1.70. The fourth-order valence-corrected chi connectivity index (χ4v) is 2.16. The van der Waals surface area contributed by atoms with E-state index in [-0.39, 0.29) is 0 Å². The van der Waals surface area contributed by atoms with Crippen molar-refractivity contribution in [3.05, 3.63) is 53.7 Å².